The molecule has 0 aromatic rings. The Kier molecular flexibility index (Phi) is 15.8. The molecule has 0 amide bonds. The highest BCUT2D eigenvalue weighted by Crippen LogP contribution is 2.74. The van der Waals surface area contributed by atoms with E-state index >= 15 is 0 Å². The second-order valence-electron chi connectivity index (χ2n) is 22.3. The van der Waals surface area contributed by atoms with Gasteiger partial charge in [0.2, 0.25) is 6.29 Å². The molecule has 68 heavy (non-hydrogen) atoms. The van der Waals surface area contributed by atoms with Gasteiger partial charge < -0.3 is 79.9 Å². The fourth-order valence-corrected chi connectivity index (χ4v) is 13.3. The SMILES string of the molecule is C=C(C(=O)O)[C@@H]1CC[C@]2(C)[C@H](CC=C3[C@@H]4CC(C)(C)CC[C@]4(C(=O)O[C@@H]4O[C@H](CO[C@@H]5O[C@H](COC(=O)C[C@](C)(O)CC(=O)O)[C@@H](O)[C@H](O)[C@H]5O)[C@@H](O)[C@H](O)[C@H]4O)[C@H](O)C[C@]32C)[C@]1(C)CCCO. The Bertz CT molecular complexity index is 1940. The average molecular weight is 971 g/mol. The van der Waals surface area contributed by atoms with Crippen LogP contribution in [0.5, 0.6) is 0 Å². The summed E-state index contributed by atoms with van der Waals surface area (Å²) in [5.74, 6) is -5.33. The van der Waals surface area contributed by atoms with Crippen LogP contribution in [0.2, 0.25) is 0 Å². The van der Waals surface area contributed by atoms with Crippen molar-refractivity contribution in [3.8, 4) is 0 Å². The number of aliphatic hydroxyl groups is 9. The number of aliphatic carboxylic acids is 2. The Morgan fingerprint density at radius 3 is 2.01 bits per heavy atom. The zero-order valence-corrected chi connectivity index (χ0v) is 39.9. The third kappa shape index (κ3) is 9.78. The molecule has 20 nitrogen and oxygen atoms in total. The highest BCUT2D eigenvalue weighted by molar-refractivity contribution is 5.86. The molecule has 0 radical (unpaired) electrons. The maximum Gasteiger partial charge on any atom is 0.331 e. The number of ether oxygens (including phenoxy) is 5. The van der Waals surface area contributed by atoms with Crippen molar-refractivity contribution in [1.82, 2.24) is 0 Å². The smallest absolute Gasteiger partial charge is 0.331 e. The molecule has 6 rings (SSSR count). The van der Waals surface area contributed by atoms with Gasteiger partial charge in [-0.2, -0.15) is 0 Å². The Morgan fingerprint density at radius 1 is 0.809 bits per heavy atom. The molecule has 4 aliphatic carbocycles. The van der Waals surface area contributed by atoms with Gasteiger partial charge in [0.15, 0.2) is 6.29 Å². The van der Waals surface area contributed by atoms with Crippen molar-refractivity contribution in [2.24, 2.45) is 44.8 Å². The van der Waals surface area contributed by atoms with Gasteiger partial charge in [-0.3, -0.25) is 14.4 Å². The lowest BCUT2D eigenvalue weighted by molar-refractivity contribution is -0.329. The molecule has 0 aromatic carbocycles. The number of carboxylic acids is 2. The van der Waals surface area contributed by atoms with Crippen molar-refractivity contribution in [3.05, 3.63) is 23.8 Å². The molecule has 3 saturated carbocycles. The number of hydrogen-bond acceptors (Lipinski definition) is 18. The van der Waals surface area contributed by atoms with Crippen LogP contribution in [-0.4, -0.2) is 173 Å². The van der Waals surface area contributed by atoms with Crippen LogP contribution in [0.1, 0.15) is 112 Å². The number of fused-ring (bicyclic) bond motifs is 5. The summed E-state index contributed by atoms with van der Waals surface area (Å²) >= 11 is 0. The van der Waals surface area contributed by atoms with Gasteiger partial charge >= 0.3 is 23.9 Å². The second kappa shape index (κ2) is 19.8. The maximum absolute atomic E-state index is 15.0. The minimum atomic E-state index is -1.98. The summed E-state index contributed by atoms with van der Waals surface area (Å²) in [6, 6.07) is 0. The molecular formula is C48H74O20. The number of aliphatic hydroxyl groups excluding tert-OH is 8. The van der Waals surface area contributed by atoms with E-state index in [2.05, 4.69) is 47.3 Å². The highest BCUT2D eigenvalue weighted by Gasteiger charge is 2.71. The predicted molar refractivity (Wildman–Crippen MR) is 234 cm³/mol. The molecule has 0 spiro atoms. The maximum atomic E-state index is 15.0. The van der Waals surface area contributed by atoms with Crippen LogP contribution in [0.15, 0.2) is 23.8 Å². The minimum Gasteiger partial charge on any atom is -0.481 e. The standard InChI is InChI=1S/C48H74O20/c1-23(39(60)61)24-11-13-46(6)29(45(24,5)12-8-16-49)10-9-25-26-17-43(2,3)14-15-48(26,30(50)18-47(25,46)7)42(62)68-41-38(59)36(57)34(55)28(67-41)22-65-40-37(58)35(56)33(54)27(66-40)21-64-32(53)20-44(4,63)19-31(51)52/h9,24,26-30,33-38,40-41,49-50,54-59,63H,1,8,10-22H2,2-7H3,(H,51,52)(H,60,61)/t24-,26-,27+,28+,29+,30+,33+,34+,35-,36-,37+,38+,40+,41-,44+,45+,46+,47+,48+/m0/s1. The Hall–Kier alpha value is -3.12. The molecular weight excluding hydrogens is 897 g/mol. The van der Waals surface area contributed by atoms with Crippen molar-refractivity contribution in [2.75, 3.05) is 19.8 Å². The van der Waals surface area contributed by atoms with E-state index in [9.17, 15) is 70.2 Å². The summed E-state index contributed by atoms with van der Waals surface area (Å²) in [5, 5.41) is 117. The van der Waals surface area contributed by atoms with E-state index in [0.717, 1.165) is 12.5 Å². The van der Waals surface area contributed by atoms with Crippen LogP contribution < -0.4 is 0 Å². The van der Waals surface area contributed by atoms with Gasteiger partial charge in [0.05, 0.1) is 31.2 Å². The van der Waals surface area contributed by atoms with E-state index in [0.29, 0.717) is 44.9 Å². The average Bonchev–Trinajstić information content (AvgIpc) is 3.24. The van der Waals surface area contributed by atoms with Crippen molar-refractivity contribution in [1.29, 1.82) is 0 Å². The van der Waals surface area contributed by atoms with Crippen molar-refractivity contribution < 1.29 is 99.0 Å². The number of hydrogen-bond donors (Lipinski definition) is 11. The molecule has 6 aliphatic rings. The summed E-state index contributed by atoms with van der Waals surface area (Å²) in [5.41, 5.74) is -4.35. The normalized spacial score (nSPS) is 44.1. The number of esters is 2. The Labute approximate surface area is 395 Å². The summed E-state index contributed by atoms with van der Waals surface area (Å²) in [4.78, 5) is 50.7. The van der Waals surface area contributed by atoms with Gasteiger partial charge in [-0.15, -0.1) is 0 Å². The minimum absolute atomic E-state index is 0.0608. The molecule has 2 aliphatic heterocycles. The molecule has 0 unspecified atom stereocenters. The second-order valence-corrected chi connectivity index (χ2v) is 22.3. The first-order chi connectivity index (χ1) is 31.5. The van der Waals surface area contributed by atoms with Gasteiger partial charge in [-0.05, 0) is 104 Å². The van der Waals surface area contributed by atoms with Gasteiger partial charge in [0, 0.05) is 12.2 Å². The van der Waals surface area contributed by atoms with Crippen molar-refractivity contribution >= 4 is 23.9 Å². The van der Waals surface area contributed by atoms with Crippen LogP contribution in [0.25, 0.3) is 0 Å². The monoisotopic (exact) mass is 970 g/mol. The number of carbonyl (C=O) groups excluding carboxylic acids is 2. The fraction of sp³-hybridized carbons (Fsp3) is 0.833. The molecule has 2 saturated heterocycles. The molecule has 2 heterocycles. The topological polar surface area (TPSA) is 337 Å². The summed E-state index contributed by atoms with van der Waals surface area (Å²) < 4.78 is 28.2. The van der Waals surface area contributed by atoms with Gasteiger partial charge in [-0.1, -0.05) is 52.8 Å². The van der Waals surface area contributed by atoms with E-state index in [1.54, 1.807) is 0 Å². The van der Waals surface area contributed by atoms with Crippen LogP contribution >= 0.6 is 0 Å². The largest absolute Gasteiger partial charge is 0.481 e. The van der Waals surface area contributed by atoms with E-state index in [4.69, 9.17) is 28.8 Å². The molecule has 5 fully saturated rings. The molecule has 11 N–H and O–H groups in total. The third-order valence-electron chi connectivity index (χ3n) is 17.3. The third-order valence-corrected chi connectivity index (χ3v) is 17.3. The molecule has 386 valence electrons. The summed E-state index contributed by atoms with van der Waals surface area (Å²) in [6.07, 6.45) is -14.7. The quantitative estimate of drug-likeness (QED) is 0.0576. The van der Waals surface area contributed by atoms with E-state index in [1.807, 2.05) is 0 Å². The van der Waals surface area contributed by atoms with Gasteiger partial charge in [0.25, 0.3) is 0 Å². The zero-order valence-electron chi connectivity index (χ0n) is 39.9. The van der Waals surface area contributed by atoms with E-state index in [-0.39, 0.29) is 42.3 Å². The first-order valence-electron chi connectivity index (χ1n) is 23.7. The Morgan fingerprint density at radius 2 is 1.41 bits per heavy atom. The van der Waals surface area contributed by atoms with Crippen molar-refractivity contribution in [3.63, 3.8) is 0 Å². The summed E-state index contributed by atoms with van der Waals surface area (Å²) in [7, 11) is 0. The van der Waals surface area contributed by atoms with Crippen LogP contribution in [-0.2, 0) is 42.9 Å². The first kappa shape index (κ1) is 54.2. The number of allylic oxidation sites excluding steroid dienone is 2. The molecule has 0 aromatic heterocycles. The number of rotatable bonds is 16. The van der Waals surface area contributed by atoms with E-state index in [1.165, 1.54) is 0 Å². The number of carbonyl (C=O) groups is 4. The Balaban J connectivity index is 1.21. The fourth-order valence-electron chi connectivity index (χ4n) is 13.3. The summed E-state index contributed by atoms with van der Waals surface area (Å²) in [6.45, 7) is 14.2. The van der Waals surface area contributed by atoms with Gasteiger partial charge in [0.1, 0.15) is 60.9 Å². The molecule has 20 heteroatoms. The number of carboxylic acid groups (broad SMARTS) is 2. The lowest BCUT2D eigenvalue weighted by Gasteiger charge is -2.69. The predicted octanol–water partition coefficient (Wildman–Crippen LogP) is 0.686. The molecule has 0 bridgehead atoms. The van der Waals surface area contributed by atoms with Crippen LogP contribution in [0, 0.1) is 44.8 Å². The zero-order chi connectivity index (χ0) is 50.7. The lowest BCUT2D eigenvalue weighted by atomic mass is 9.35. The first-order valence-corrected chi connectivity index (χ1v) is 23.7. The van der Waals surface area contributed by atoms with E-state index < -0.39 is 151 Å². The molecule has 19 atom stereocenters. The van der Waals surface area contributed by atoms with Crippen LogP contribution in [0.4, 0.5) is 0 Å². The highest BCUT2D eigenvalue weighted by atomic mass is 16.7. The van der Waals surface area contributed by atoms with Crippen molar-refractivity contribution in [2.45, 2.75) is 185 Å². The van der Waals surface area contributed by atoms with Crippen LogP contribution in [0.3, 0.4) is 0 Å². The lowest BCUT2D eigenvalue weighted by Crippen LogP contribution is -2.67. The van der Waals surface area contributed by atoms with Gasteiger partial charge in [-0.25, -0.2) is 4.79 Å².